The molecule has 0 spiro atoms. The van der Waals surface area contributed by atoms with Gasteiger partial charge in [0.15, 0.2) is 0 Å². The molecule has 0 amide bonds. The number of benzene rings is 1. The Balaban J connectivity index is 1.84. The molecule has 0 atom stereocenters. The Kier molecular flexibility index (Phi) is 4.19. The minimum Gasteiger partial charge on any atom is -0.304 e. The van der Waals surface area contributed by atoms with Gasteiger partial charge in [-0.3, -0.25) is 4.90 Å². The van der Waals surface area contributed by atoms with E-state index in [0.29, 0.717) is 0 Å². The molecule has 0 unspecified atom stereocenters. The Labute approximate surface area is 104 Å². The third kappa shape index (κ3) is 3.89. The van der Waals surface area contributed by atoms with Crippen LogP contribution in [-0.2, 0) is 0 Å². The average Bonchev–Trinajstić information content (AvgIpc) is 2.34. The first-order valence-corrected chi connectivity index (χ1v) is 6.06. The van der Waals surface area contributed by atoms with Gasteiger partial charge in [-0.15, -0.1) is 0 Å². The topological polar surface area (TPSA) is 6.48 Å². The van der Waals surface area contributed by atoms with E-state index >= 15 is 0 Å². The molecule has 0 aliphatic carbocycles. The quantitative estimate of drug-likeness (QED) is 0.670. The van der Waals surface area contributed by atoms with E-state index in [4.69, 9.17) is 0 Å². The predicted octanol–water partition coefficient (Wildman–Crippen LogP) is 1.47. The molecule has 0 bridgehead atoms. The van der Waals surface area contributed by atoms with Gasteiger partial charge in [-0.2, -0.15) is 0 Å². The molecule has 0 saturated carbocycles. The number of likely N-dealkylation sites (N-methyl/N-ethyl adjacent to an activating group) is 1. The van der Waals surface area contributed by atoms with Crippen molar-refractivity contribution in [3.8, 4) is 11.8 Å². The molecule has 1 aromatic carbocycles. The summed E-state index contributed by atoms with van der Waals surface area (Å²) < 4.78 is 0. The van der Waals surface area contributed by atoms with E-state index in [1.807, 2.05) is 24.3 Å². The predicted molar refractivity (Wildman–Crippen MR) is 71.7 cm³/mol. The van der Waals surface area contributed by atoms with Crippen LogP contribution in [0.4, 0.5) is 0 Å². The van der Waals surface area contributed by atoms with Crippen LogP contribution in [-0.4, -0.2) is 49.6 Å². The van der Waals surface area contributed by atoms with Crippen LogP contribution in [0.2, 0.25) is 0 Å². The smallest absolute Gasteiger partial charge is 0.0606 e. The van der Waals surface area contributed by atoms with Crippen LogP contribution >= 0.6 is 0 Å². The second kappa shape index (κ2) is 5.86. The van der Waals surface area contributed by atoms with Crippen LogP contribution in [0.5, 0.6) is 0 Å². The standard InChI is InChI=1S/C15H19N2/c1-14-5-7-15(8-6-14)4-3-9-17-12-10-16(2)11-13-17/h5-8H,1,9-13H2,2H3. The van der Waals surface area contributed by atoms with Crippen molar-refractivity contribution >= 4 is 0 Å². The van der Waals surface area contributed by atoms with Crippen molar-refractivity contribution in [2.45, 2.75) is 0 Å². The molecule has 17 heavy (non-hydrogen) atoms. The summed E-state index contributed by atoms with van der Waals surface area (Å²) in [5.74, 6) is 6.44. The number of nitrogens with zero attached hydrogens (tertiary/aromatic N) is 2. The van der Waals surface area contributed by atoms with Crippen molar-refractivity contribution in [3.63, 3.8) is 0 Å². The molecule has 1 heterocycles. The van der Waals surface area contributed by atoms with Gasteiger partial charge in [-0.25, -0.2) is 0 Å². The van der Waals surface area contributed by atoms with Crippen LogP contribution < -0.4 is 0 Å². The number of rotatable bonds is 1. The summed E-state index contributed by atoms with van der Waals surface area (Å²) in [6, 6.07) is 8.05. The van der Waals surface area contributed by atoms with Crippen molar-refractivity contribution in [1.29, 1.82) is 0 Å². The fourth-order valence-corrected chi connectivity index (χ4v) is 1.85. The molecule has 2 nitrogen and oxygen atoms in total. The Morgan fingerprint density at radius 3 is 2.41 bits per heavy atom. The van der Waals surface area contributed by atoms with Gasteiger partial charge in [-0.05, 0) is 31.7 Å². The highest BCUT2D eigenvalue weighted by Gasteiger charge is 2.11. The van der Waals surface area contributed by atoms with Gasteiger partial charge in [0.1, 0.15) is 0 Å². The summed E-state index contributed by atoms with van der Waals surface area (Å²) in [6.07, 6.45) is 0. The molecule has 1 aliphatic heterocycles. The largest absolute Gasteiger partial charge is 0.304 e. The average molecular weight is 227 g/mol. The van der Waals surface area contributed by atoms with E-state index in [0.717, 1.165) is 43.9 Å². The molecule has 2 rings (SSSR count). The van der Waals surface area contributed by atoms with E-state index in [-0.39, 0.29) is 0 Å². The molecule has 0 N–H and O–H groups in total. The zero-order valence-electron chi connectivity index (χ0n) is 10.4. The summed E-state index contributed by atoms with van der Waals surface area (Å²) in [6.45, 7) is 9.29. The lowest BCUT2D eigenvalue weighted by molar-refractivity contribution is 0.168. The summed E-state index contributed by atoms with van der Waals surface area (Å²) in [5, 5.41) is 0. The lowest BCUT2D eigenvalue weighted by atomic mass is 10.1. The van der Waals surface area contributed by atoms with E-state index in [1.165, 1.54) is 0 Å². The zero-order valence-corrected chi connectivity index (χ0v) is 10.4. The molecule has 0 aromatic heterocycles. The summed E-state index contributed by atoms with van der Waals surface area (Å²) in [7, 11) is 2.17. The number of hydrogen-bond donors (Lipinski definition) is 0. The minimum atomic E-state index is 0.875. The van der Waals surface area contributed by atoms with E-state index < -0.39 is 0 Å². The lowest BCUT2D eigenvalue weighted by Gasteiger charge is -2.30. The first kappa shape index (κ1) is 12.2. The van der Waals surface area contributed by atoms with Crippen LogP contribution in [0.25, 0.3) is 0 Å². The highest BCUT2D eigenvalue weighted by atomic mass is 15.2. The van der Waals surface area contributed by atoms with Gasteiger partial charge in [0.25, 0.3) is 0 Å². The van der Waals surface area contributed by atoms with E-state index in [9.17, 15) is 0 Å². The number of hydrogen-bond acceptors (Lipinski definition) is 2. The van der Waals surface area contributed by atoms with Crippen molar-refractivity contribution in [1.82, 2.24) is 9.80 Å². The molecule has 1 saturated heterocycles. The molecule has 89 valence electrons. The Morgan fingerprint density at radius 1 is 1.12 bits per heavy atom. The van der Waals surface area contributed by atoms with Crippen molar-refractivity contribution in [2.24, 2.45) is 0 Å². The maximum absolute atomic E-state index is 3.86. The highest BCUT2D eigenvalue weighted by Crippen LogP contribution is 2.01. The molecule has 1 aliphatic rings. The van der Waals surface area contributed by atoms with E-state index in [1.54, 1.807) is 0 Å². The third-order valence-electron chi connectivity index (χ3n) is 3.09. The fraction of sp³-hybridized carbons (Fsp3) is 0.400. The second-order valence-corrected chi connectivity index (χ2v) is 4.58. The lowest BCUT2D eigenvalue weighted by Crippen LogP contribution is -2.44. The Morgan fingerprint density at radius 2 is 1.76 bits per heavy atom. The molecule has 1 radical (unpaired) electrons. The van der Waals surface area contributed by atoms with Crippen LogP contribution in [0.3, 0.4) is 0 Å². The van der Waals surface area contributed by atoms with Crippen molar-refractivity contribution < 1.29 is 0 Å². The van der Waals surface area contributed by atoms with Crippen LogP contribution in [0.1, 0.15) is 11.1 Å². The van der Waals surface area contributed by atoms with Crippen molar-refractivity contribution in [3.05, 3.63) is 42.3 Å². The second-order valence-electron chi connectivity index (χ2n) is 4.58. The Bertz CT molecular complexity index is 403. The first-order chi connectivity index (χ1) is 8.24. The third-order valence-corrected chi connectivity index (χ3v) is 3.09. The van der Waals surface area contributed by atoms with Crippen LogP contribution in [0, 0.1) is 18.8 Å². The summed E-state index contributed by atoms with van der Waals surface area (Å²) in [5.41, 5.74) is 2.11. The minimum absolute atomic E-state index is 0.875. The van der Waals surface area contributed by atoms with Gasteiger partial charge in [0.05, 0.1) is 6.54 Å². The molecule has 1 aromatic rings. The maximum Gasteiger partial charge on any atom is 0.0606 e. The molecule has 1 fully saturated rings. The van der Waals surface area contributed by atoms with Gasteiger partial charge < -0.3 is 4.90 Å². The molecular formula is C15H19N2. The SMILES string of the molecule is [CH2]c1ccc(C#CCN2CCN(C)CC2)cc1. The van der Waals surface area contributed by atoms with Gasteiger partial charge in [0.2, 0.25) is 0 Å². The Hall–Kier alpha value is -1.30. The normalized spacial score (nSPS) is 17.5. The highest BCUT2D eigenvalue weighted by molar-refractivity contribution is 5.36. The fourth-order valence-electron chi connectivity index (χ4n) is 1.85. The summed E-state index contributed by atoms with van der Waals surface area (Å²) >= 11 is 0. The monoisotopic (exact) mass is 227 g/mol. The summed E-state index contributed by atoms with van der Waals surface area (Å²) in [4.78, 5) is 4.76. The molecule has 2 heteroatoms. The van der Waals surface area contributed by atoms with E-state index in [2.05, 4.69) is 35.6 Å². The molecular weight excluding hydrogens is 208 g/mol. The van der Waals surface area contributed by atoms with Gasteiger partial charge in [0, 0.05) is 31.7 Å². The van der Waals surface area contributed by atoms with Gasteiger partial charge in [-0.1, -0.05) is 24.0 Å². The van der Waals surface area contributed by atoms with Gasteiger partial charge >= 0.3 is 0 Å². The number of piperazine rings is 1. The maximum atomic E-state index is 3.86. The zero-order chi connectivity index (χ0) is 12.1. The first-order valence-electron chi connectivity index (χ1n) is 6.06. The van der Waals surface area contributed by atoms with Crippen LogP contribution in [0.15, 0.2) is 24.3 Å². The van der Waals surface area contributed by atoms with Crippen molar-refractivity contribution in [2.75, 3.05) is 39.8 Å².